The van der Waals surface area contributed by atoms with E-state index < -0.39 is 5.91 Å². The maximum absolute atomic E-state index is 12.7. The summed E-state index contributed by atoms with van der Waals surface area (Å²) in [5, 5.41) is 0. The lowest BCUT2D eigenvalue weighted by molar-refractivity contribution is -0.135. The first-order valence-corrected chi connectivity index (χ1v) is 11.7. The number of methoxy groups -OCH3 is 1. The molecule has 178 valence electrons. The standard InChI is InChI=1S/C25H39N3O4/c1-25(2,3)20-8-9-22(32-17-23(26)29)19(14-20)16-27-11-10-21-18(15-27)6-5-7-24(30)28(21)12-13-31-4/h8-9,14,18,21H,5-7,10-13,15-17H2,1-4H3,(H2,26,29)/t18-,21+/m0/s1. The number of nitrogens with zero attached hydrogens (tertiary/aromatic N) is 2. The van der Waals surface area contributed by atoms with Crippen LogP contribution in [0.2, 0.25) is 0 Å². The molecule has 1 aromatic carbocycles. The van der Waals surface area contributed by atoms with Crippen molar-refractivity contribution in [2.24, 2.45) is 11.7 Å². The van der Waals surface area contributed by atoms with Crippen LogP contribution in [0, 0.1) is 5.92 Å². The molecular formula is C25H39N3O4. The number of hydrogen-bond acceptors (Lipinski definition) is 5. The molecule has 0 aliphatic carbocycles. The number of benzene rings is 1. The van der Waals surface area contributed by atoms with E-state index in [0.29, 0.717) is 31.5 Å². The first-order chi connectivity index (χ1) is 15.2. The lowest BCUT2D eigenvalue weighted by atomic mass is 9.85. The van der Waals surface area contributed by atoms with Crippen molar-refractivity contribution in [3.05, 3.63) is 29.3 Å². The van der Waals surface area contributed by atoms with Crippen LogP contribution >= 0.6 is 0 Å². The Bertz CT molecular complexity index is 805. The van der Waals surface area contributed by atoms with Crippen LogP contribution in [0.15, 0.2) is 18.2 Å². The Balaban J connectivity index is 1.76. The zero-order valence-electron chi connectivity index (χ0n) is 20.1. The SMILES string of the molecule is COCCN1C(=O)CCC[C@H]2CN(Cc3cc(C(C)(C)C)ccc3OCC(N)=O)CC[C@H]21. The van der Waals surface area contributed by atoms with Crippen molar-refractivity contribution >= 4 is 11.8 Å². The summed E-state index contributed by atoms with van der Waals surface area (Å²) < 4.78 is 11.0. The van der Waals surface area contributed by atoms with Crippen LogP contribution in [0.5, 0.6) is 5.75 Å². The van der Waals surface area contributed by atoms with Gasteiger partial charge in [0.2, 0.25) is 5.91 Å². The first-order valence-electron chi connectivity index (χ1n) is 11.7. The van der Waals surface area contributed by atoms with Gasteiger partial charge in [-0.1, -0.05) is 32.9 Å². The molecule has 1 aromatic rings. The predicted molar refractivity (Wildman–Crippen MR) is 124 cm³/mol. The van der Waals surface area contributed by atoms with Gasteiger partial charge >= 0.3 is 0 Å². The minimum atomic E-state index is -0.476. The predicted octanol–water partition coefficient (Wildman–Crippen LogP) is 2.70. The quantitative estimate of drug-likeness (QED) is 0.665. The summed E-state index contributed by atoms with van der Waals surface area (Å²) in [6.45, 7) is 10.4. The van der Waals surface area contributed by atoms with Gasteiger partial charge in [-0.15, -0.1) is 0 Å². The van der Waals surface area contributed by atoms with Crippen LogP contribution in [-0.2, 0) is 26.3 Å². The smallest absolute Gasteiger partial charge is 0.255 e. The fourth-order valence-corrected chi connectivity index (χ4v) is 4.96. The summed E-state index contributed by atoms with van der Waals surface area (Å²) in [5.41, 5.74) is 7.64. The monoisotopic (exact) mass is 445 g/mol. The van der Waals surface area contributed by atoms with E-state index >= 15 is 0 Å². The molecule has 2 aliphatic heterocycles. The third-order valence-electron chi connectivity index (χ3n) is 6.69. The Labute approximate surface area is 192 Å². The molecule has 7 nitrogen and oxygen atoms in total. The van der Waals surface area contributed by atoms with Crippen molar-refractivity contribution in [2.45, 2.75) is 64.5 Å². The number of rotatable bonds is 8. The van der Waals surface area contributed by atoms with E-state index in [1.165, 1.54) is 5.56 Å². The van der Waals surface area contributed by atoms with Gasteiger partial charge in [-0.25, -0.2) is 0 Å². The molecule has 0 radical (unpaired) electrons. The molecule has 32 heavy (non-hydrogen) atoms. The number of ether oxygens (including phenoxy) is 2. The number of amides is 2. The molecule has 2 N–H and O–H groups in total. The average molecular weight is 446 g/mol. The zero-order valence-corrected chi connectivity index (χ0v) is 20.1. The highest BCUT2D eigenvalue weighted by molar-refractivity contribution is 5.77. The molecule has 0 spiro atoms. The number of likely N-dealkylation sites (tertiary alicyclic amines) is 2. The topological polar surface area (TPSA) is 85.1 Å². The average Bonchev–Trinajstić information content (AvgIpc) is 2.88. The molecule has 7 heteroatoms. The van der Waals surface area contributed by atoms with Gasteiger partial charge in [0.25, 0.3) is 5.91 Å². The maximum atomic E-state index is 12.7. The van der Waals surface area contributed by atoms with Gasteiger partial charge in [0, 0.05) is 51.3 Å². The largest absolute Gasteiger partial charge is 0.483 e. The zero-order chi connectivity index (χ0) is 23.3. The Morgan fingerprint density at radius 2 is 2.03 bits per heavy atom. The highest BCUT2D eigenvalue weighted by Gasteiger charge is 2.37. The Kier molecular flexibility index (Phi) is 8.17. The minimum absolute atomic E-state index is 0.0213. The van der Waals surface area contributed by atoms with E-state index in [9.17, 15) is 9.59 Å². The van der Waals surface area contributed by atoms with Crippen molar-refractivity contribution in [1.29, 1.82) is 0 Å². The fourth-order valence-electron chi connectivity index (χ4n) is 4.96. The number of fused-ring (bicyclic) bond motifs is 1. The number of nitrogens with two attached hydrogens (primary N) is 1. The van der Waals surface area contributed by atoms with Crippen molar-refractivity contribution in [1.82, 2.24) is 9.80 Å². The number of piperidine rings is 1. The fraction of sp³-hybridized carbons (Fsp3) is 0.680. The van der Waals surface area contributed by atoms with Crippen LogP contribution in [-0.4, -0.2) is 67.6 Å². The van der Waals surface area contributed by atoms with E-state index in [1.54, 1.807) is 7.11 Å². The number of primary amides is 1. The van der Waals surface area contributed by atoms with Crippen LogP contribution in [0.4, 0.5) is 0 Å². The van der Waals surface area contributed by atoms with Crippen LogP contribution in [0.25, 0.3) is 0 Å². The van der Waals surface area contributed by atoms with Crippen molar-refractivity contribution in [3.8, 4) is 5.75 Å². The van der Waals surface area contributed by atoms with Gasteiger partial charge < -0.3 is 20.1 Å². The summed E-state index contributed by atoms with van der Waals surface area (Å²) in [4.78, 5) is 28.5. The van der Waals surface area contributed by atoms with Crippen LogP contribution in [0.1, 0.15) is 57.6 Å². The van der Waals surface area contributed by atoms with E-state index in [0.717, 1.165) is 50.2 Å². The second-order valence-corrected chi connectivity index (χ2v) is 10.2. The van der Waals surface area contributed by atoms with Crippen molar-refractivity contribution in [2.75, 3.05) is 40.0 Å². The summed E-state index contributed by atoms with van der Waals surface area (Å²) >= 11 is 0. The van der Waals surface area contributed by atoms with E-state index in [-0.39, 0.29) is 17.9 Å². The molecule has 0 bridgehead atoms. The number of hydrogen-bond donors (Lipinski definition) is 1. The second kappa shape index (κ2) is 10.7. The Morgan fingerprint density at radius 1 is 1.25 bits per heavy atom. The van der Waals surface area contributed by atoms with Gasteiger partial charge in [0.15, 0.2) is 6.61 Å². The third-order valence-corrected chi connectivity index (χ3v) is 6.69. The van der Waals surface area contributed by atoms with Crippen LogP contribution in [0.3, 0.4) is 0 Å². The highest BCUT2D eigenvalue weighted by Crippen LogP contribution is 2.33. The minimum Gasteiger partial charge on any atom is -0.483 e. The summed E-state index contributed by atoms with van der Waals surface area (Å²) in [6.07, 6.45) is 3.62. The van der Waals surface area contributed by atoms with E-state index in [4.69, 9.17) is 15.2 Å². The lowest BCUT2D eigenvalue weighted by Gasteiger charge is -2.43. The van der Waals surface area contributed by atoms with Gasteiger partial charge in [0.1, 0.15) is 5.75 Å². The number of carbonyl (C=O) groups excluding carboxylic acids is 2. The molecule has 0 aromatic heterocycles. The summed E-state index contributed by atoms with van der Waals surface area (Å²) in [7, 11) is 1.69. The highest BCUT2D eigenvalue weighted by atomic mass is 16.5. The molecule has 0 saturated carbocycles. The van der Waals surface area contributed by atoms with Crippen molar-refractivity contribution < 1.29 is 19.1 Å². The van der Waals surface area contributed by atoms with Crippen LogP contribution < -0.4 is 10.5 Å². The molecule has 2 saturated heterocycles. The second-order valence-electron chi connectivity index (χ2n) is 10.2. The normalized spacial score (nSPS) is 22.4. The van der Waals surface area contributed by atoms with E-state index in [2.05, 4.69) is 42.7 Å². The van der Waals surface area contributed by atoms with Gasteiger partial charge in [0.05, 0.1) is 6.61 Å². The first kappa shape index (κ1) is 24.5. The van der Waals surface area contributed by atoms with Crippen molar-refractivity contribution in [3.63, 3.8) is 0 Å². The summed E-state index contributed by atoms with van der Waals surface area (Å²) in [6, 6.07) is 6.52. The lowest BCUT2D eigenvalue weighted by Crippen LogP contribution is -2.52. The molecule has 3 rings (SSSR count). The molecule has 2 fully saturated rings. The molecular weight excluding hydrogens is 406 g/mol. The van der Waals surface area contributed by atoms with Gasteiger partial charge in [-0.05, 0) is 42.2 Å². The van der Waals surface area contributed by atoms with Gasteiger partial charge in [-0.3, -0.25) is 14.5 Å². The Hall–Kier alpha value is -2.12. The summed E-state index contributed by atoms with van der Waals surface area (Å²) in [5.74, 6) is 0.975. The molecule has 2 amide bonds. The Morgan fingerprint density at radius 3 is 2.72 bits per heavy atom. The molecule has 0 unspecified atom stereocenters. The molecule has 2 aliphatic rings. The molecule has 2 atom stereocenters. The number of carbonyl (C=O) groups is 2. The van der Waals surface area contributed by atoms with E-state index in [1.807, 2.05) is 6.07 Å². The third kappa shape index (κ3) is 6.23. The van der Waals surface area contributed by atoms with Gasteiger partial charge in [-0.2, -0.15) is 0 Å². The maximum Gasteiger partial charge on any atom is 0.255 e. The molecule has 2 heterocycles.